The zero-order valence-corrected chi connectivity index (χ0v) is 12.2. The number of hydrogen-bond donors (Lipinski definition) is 1. The molecule has 0 bridgehead atoms. The molecule has 0 radical (unpaired) electrons. The molecular weight excluding hydrogens is 298 g/mol. The quantitative estimate of drug-likeness (QED) is 0.714. The maximum absolute atomic E-state index is 12.1. The molecule has 1 heterocycles. The standard InChI is InChI=1S/C16H11N3O2S/c20-22(21)15-8-4-7-12-13(9-10-14(19-22)16(12)15)18-17-11-5-2-1-3-6-11/h1-10,19H. The van der Waals surface area contributed by atoms with Crippen LogP contribution in [-0.2, 0) is 10.0 Å². The van der Waals surface area contributed by atoms with Crippen LogP contribution in [0.15, 0.2) is 75.8 Å². The number of nitrogens with zero attached hydrogens (tertiary/aromatic N) is 2. The Morgan fingerprint density at radius 2 is 1.64 bits per heavy atom. The van der Waals surface area contributed by atoms with E-state index in [1.165, 1.54) is 0 Å². The Morgan fingerprint density at radius 1 is 0.818 bits per heavy atom. The Labute approximate surface area is 127 Å². The second-order valence-corrected chi connectivity index (χ2v) is 6.60. The second-order valence-electron chi connectivity index (χ2n) is 4.95. The van der Waals surface area contributed by atoms with Crippen LogP contribution in [0, 0.1) is 0 Å². The first kappa shape index (κ1) is 13.0. The minimum Gasteiger partial charge on any atom is -0.279 e. The van der Waals surface area contributed by atoms with Gasteiger partial charge in [0.25, 0.3) is 10.0 Å². The first-order chi connectivity index (χ1) is 10.6. The fourth-order valence-corrected chi connectivity index (χ4v) is 3.88. The molecule has 0 amide bonds. The molecule has 6 heteroatoms. The minimum absolute atomic E-state index is 0.289. The number of azo groups is 1. The minimum atomic E-state index is -3.46. The van der Waals surface area contributed by atoms with Gasteiger partial charge in [0.05, 0.1) is 22.0 Å². The summed E-state index contributed by atoms with van der Waals surface area (Å²) < 4.78 is 26.7. The molecule has 1 aliphatic heterocycles. The van der Waals surface area contributed by atoms with E-state index in [1.54, 1.807) is 24.3 Å². The van der Waals surface area contributed by atoms with Crippen LogP contribution in [0.2, 0.25) is 0 Å². The van der Waals surface area contributed by atoms with Crippen LogP contribution in [0.4, 0.5) is 17.1 Å². The highest BCUT2D eigenvalue weighted by atomic mass is 32.2. The van der Waals surface area contributed by atoms with Gasteiger partial charge < -0.3 is 0 Å². The Balaban J connectivity index is 1.90. The topological polar surface area (TPSA) is 70.9 Å². The van der Waals surface area contributed by atoms with Crippen LogP contribution in [0.3, 0.4) is 0 Å². The molecule has 0 saturated carbocycles. The third-order valence-electron chi connectivity index (χ3n) is 3.54. The largest absolute Gasteiger partial charge is 0.279 e. The lowest BCUT2D eigenvalue weighted by molar-refractivity contribution is 0.603. The van der Waals surface area contributed by atoms with E-state index < -0.39 is 10.0 Å². The van der Waals surface area contributed by atoms with Gasteiger partial charge in [0.1, 0.15) is 0 Å². The van der Waals surface area contributed by atoms with Gasteiger partial charge in [0.2, 0.25) is 0 Å². The lowest BCUT2D eigenvalue weighted by Crippen LogP contribution is -2.05. The molecule has 108 valence electrons. The van der Waals surface area contributed by atoms with Crippen LogP contribution in [-0.4, -0.2) is 8.42 Å². The molecule has 5 nitrogen and oxygen atoms in total. The van der Waals surface area contributed by atoms with E-state index >= 15 is 0 Å². The molecule has 0 spiro atoms. The van der Waals surface area contributed by atoms with Crippen molar-refractivity contribution in [1.82, 2.24) is 0 Å². The Bertz CT molecular complexity index is 1010. The van der Waals surface area contributed by atoms with Crippen LogP contribution in [0.25, 0.3) is 10.8 Å². The van der Waals surface area contributed by atoms with Crippen LogP contribution < -0.4 is 4.72 Å². The van der Waals surface area contributed by atoms with E-state index in [2.05, 4.69) is 15.0 Å². The summed E-state index contributed by atoms with van der Waals surface area (Å²) in [5.41, 5.74) is 1.98. The van der Waals surface area contributed by atoms with E-state index in [-0.39, 0.29) is 4.90 Å². The Hall–Kier alpha value is -2.73. The first-order valence-corrected chi connectivity index (χ1v) is 8.19. The summed E-state index contributed by atoms with van der Waals surface area (Å²) in [5, 5.41) is 9.90. The molecule has 22 heavy (non-hydrogen) atoms. The summed E-state index contributed by atoms with van der Waals surface area (Å²) in [4.78, 5) is 0.289. The van der Waals surface area contributed by atoms with Gasteiger partial charge in [0.15, 0.2) is 0 Å². The summed E-state index contributed by atoms with van der Waals surface area (Å²) in [6, 6.07) is 18.0. The zero-order chi connectivity index (χ0) is 15.2. The van der Waals surface area contributed by atoms with Crippen LogP contribution in [0.1, 0.15) is 0 Å². The summed E-state index contributed by atoms with van der Waals surface area (Å²) >= 11 is 0. The molecule has 1 aliphatic rings. The van der Waals surface area contributed by atoms with Crippen molar-refractivity contribution >= 4 is 37.9 Å². The Morgan fingerprint density at radius 3 is 2.45 bits per heavy atom. The van der Waals surface area contributed by atoms with E-state index in [0.717, 1.165) is 11.1 Å². The van der Waals surface area contributed by atoms with Gasteiger partial charge in [0, 0.05) is 10.8 Å². The zero-order valence-electron chi connectivity index (χ0n) is 11.4. The molecule has 3 aromatic carbocycles. The maximum Gasteiger partial charge on any atom is 0.262 e. The highest BCUT2D eigenvalue weighted by Crippen LogP contribution is 2.41. The van der Waals surface area contributed by atoms with Gasteiger partial charge in [-0.25, -0.2) is 8.42 Å². The predicted octanol–water partition coefficient (Wildman–Crippen LogP) is 4.37. The SMILES string of the molecule is O=S1(=O)Nc2ccc(N=Nc3ccccc3)c3cccc1c23. The molecule has 1 N–H and O–H groups in total. The highest BCUT2D eigenvalue weighted by molar-refractivity contribution is 7.93. The molecule has 0 saturated heterocycles. The third-order valence-corrected chi connectivity index (χ3v) is 4.95. The van der Waals surface area contributed by atoms with Crippen molar-refractivity contribution in [3.63, 3.8) is 0 Å². The third kappa shape index (κ3) is 1.96. The average Bonchev–Trinajstić information content (AvgIpc) is 2.80. The number of anilines is 1. The normalized spacial score (nSPS) is 15.3. The summed E-state index contributed by atoms with van der Waals surface area (Å²) in [6.07, 6.45) is 0. The average molecular weight is 309 g/mol. The maximum atomic E-state index is 12.1. The predicted molar refractivity (Wildman–Crippen MR) is 85.4 cm³/mol. The van der Waals surface area contributed by atoms with E-state index in [4.69, 9.17) is 0 Å². The van der Waals surface area contributed by atoms with Crippen molar-refractivity contribution in [3.8, 4) is 0 Å². The fourth-order valence-electron chi connectivity index (χ4n) is 2.56. The van der Waals surface area contributed by atoms with Gasteiger partial charge >= 0.3 is 0 Å². The van der Waals surface area contributed by atoms with Crippen molar-refractivity contribution < 1.29 is 8.42 Å². The number of hydrogen-bond acceptors (Lipinski definition) is 4. The van der Waals surface area contributed by atoms with E-state index in [9.17, 15) is 8.42 Å². The lowest BCUT2D eigenvalue weighted by atomic mass is 10.1. The van der Waals surface area contributed by atoms with Gasteiger partial charge in [-0.05, 0) is 30.3 Å². The summed E-state index contributed by atoms with van der Waals surface area (Å²) in [6.45, 7) is 0. The highest BCUT2D eigenvalue weighted by Gasteiger charge is 2.27. The summed E-state index contributed by atoms with van der Waals surface area (Å²) in [7, 11) is -3.46. The van der Waals surface area contributed by atoms with Crippen LogP contribution >= 0.6 is 0 Å². The van der Waals surface area contributed by atoms with Crippen molar-refractivity contribution in [3.05, 3.63) is 60.7 Å². The molecule has 0 atom stereocenters. The van der Waals surface area contributed by atoms with Crippen molar-refractivity contribution in [1.29, 1.82) is 0 Å². The molecule has 0 fully saturated rings. The molecule has 4 rings (SSSR count). The van der Waals surface area contributed by atoms with Crippen LogP contribution in [0.5, 0.6) is 0 Å². The van der Waals surface area contributed by atoms with Crippen molar-refractivity contribution in [2.45, 2.75) is 4.90 Å². The number of nitrogens with one attached hydrogen (secondary N) is 1. The van der Waals surface area contributed by atoms with Crippen molar-refractivity contribution in [2.75, 3.05) is 4.72 Å². The number of sulfonamides is 1. The summed E-state index contributed by atoms with van der Waals surface area (Å²) in [5.74, 6) is 0. The Kier molecular flexibility index (Phi) is 2.74. The molecule has 3 aromatic rings. The van der Waals surface area contributed by atoms with Gasteiger partial charge in [-0.1, -0.05) is 30.3 Å². The van der Waals surface area contributed by atoms with Gasteiger partial charge in [-0.15, -0.1) is 5.11 Å². The molecule has 0 aromatic heterocycles. The smallest absolute Gasteiger partial charge is 0.262 e. The number of rotatable bonds is 2. The van der Waals surface area contributed by atoms with Gasteiger partial charge in [-0.3, -0.25) is 4.72 Å². The van der Waals surface area contributed by atoms with E-state index in [1.807, 2.05) is 36.4 Å². The molecule has 0 aliphatic carbocycles. The molecular formula is C16H11N3O2S. The second kappa shape index (κ2) is 4.64. The molecule has 0 unspecified atom stereocenters. The van der Waals surface area contributed by atoms with Gasteiger partial charge in [-0.2, -0.15) is 5.11 Å². The van der Waals surface area contributed by atoms with Crippen molar-refractivity contribution in [2.24, 2.45) is 10.2 Å². The van der Waals surface area contributed by atoms with E-state index in [0.29, 0.717) is 16.8 Å². The number of benzene rings is 3. The lowest BCUT2D eigenvalue weighted by Gasteiger charge is -2.02. The monoisotopic (exact) mass is 309 g/mol. The fraction of sp³-hybridized carbons (Fsp3) is 0. The first-order valence-electron chi connectivity index (χ1n) is 6.70.